The van der Waals surface area contributed by atoms with Gasteiger partial charge in [0.2, 0.25) is 0 Å². The van der Waals surface area contributed by atoms with E-state index in [2.05, 4.69) is 20.5 Å². The number of rotatable bonds is 4. The number of hydrogen-bond acceptors (Lipinski definition) is 4. The van der Waals surface area contributed by atoms with Gasteiger partial charge in [-0.15, -0.1) is 0 Å². The van der Waals surface area contributed by atoms with Gasteiger partial charge >= 0.3 is 6.18 Å². The van der Waals surface area contributed by atoms with Crippen molar-refractivity contribution in [1.29, 1.82) is 0 Å². The van der Waals surface area contributed by atoms with E-state index in [0.29, 0.717) is 22.5 Å². The Labute approximate surface area is 156 Å². The van der Waals surface area contributed by atoms with E-state index < -0.39 is 17.6 Å². The van der Waals surface area contributed by atoms with Gasteiger partial charge in [0.25, 0.3) is 5.91 Å². The molecule has 0 saturated carbocycles. The van der Waals surface area contributed by atoms with Gasteiger partial charge in [0.05, 0.1) is 30.2 Å². The number of halogens is 3. The number of benzene rings is 1. The van der Waals surface area contributed by atoms with Crippen LogP contribution in [0.3, 0.4) is 0 Å². The SMILES string of the molecule is O=C(Nc1cnn(Cc2cccc(C(F)(F)F)c2)c1)c1cnn2cccnc12. The van der Waals surface area contributed by atoms with Crippen LogP contribution >= 0.6 is 0 Å². The number of carbonyl (C=O) groups excluding carboxylic acids is 1. The maximum absolute atomic E-state index is 12.8. The number of nitrogens with one attached hydrogen (secondary N) is 1. The molecule has 10 heteroatoms. The summed E-state index contributed by atoms with van der Waals surface area (Å²) >= 11 is 0. The van der Waals surface area contributed by atoms with Crippen molar-refractivity contribution in [3.05, 3.63) is 78.0 Å². The average Bonchev–Trinajstić information content (AvgIpc) is 3.28. The number of fused-ring (bicyclic) bond motifs is 1. The minimum absolute atomic E-state index is 0.137. The first-order valence-electron chi connectivity index (χ1n) is 8.18. The van der Waals surface area contributed by atoms with Gasteiger partial charge in [-0.3, -0.25) is 9.48 Å². The molecule has 7 nitrogen and oxygen atoms in total. The molecule has 142 valence electrons. The van der Waals surface area contributed by atoms with Crippen molar-refractivity contribution < 1.29 is 18.0 Å². The van der Waals surface area contributed by atoms with Crippen LogP contribution in [0.5, 0.6) is 0 Å². The van der Waals surface area contributed by atoms with E-state index in [1.807, 2.05) is 0 Å². The van der Waals surface area contributed by atoms with Crippen molar-refractivity contribution in [3.63, 3.8) is 0 Å². The Morgan fingerprint density at radius 1 is 1.14 bits per heavy atom. The molecule has 0 unspecified atom stereocenters. The van der Waals surface area contributed by atoms with Crippen molar-refractivity contribution >= 4 is 17.2 Å². The lowest BCUT2D eigenvalue weighted by molar-refractivity contribution is -0.137. The van der Waals surface area contributed by atoms with Gasteiger partial charge in [-0.25, -0.2) is 9.50 Å². The summed E-state index contributed by atoms with van der Waals surface area (Å²) in [4.78, 5) is 16.6. The summed E-state index contributed by atoms with van der Waals surface area (Å²) in [7, 11) is 0. The van der Waals surface area contributed by atoms with E-state index >= 15 is 0 Å². The molecule has 0 radical (unpaired) electrons. The van der Waals surface area contributed by atoms with Gasteiger partial charge in [-0.1, -0.05) is 12.1 Å². The van der Waals surface area contributed by atoms with Crippen LogP contribution in [0.15, 0.2) is 61.3 Å². The monoisotopic (exact) mass is 386 g/mol. The smallest absolute Gasteiger partial charge is 0.319 e. The van der Waals surface area contributed by atoms with Crippen molar-refractivity contribution in [2.45, 2.75) is 12.7 Å². The fraction of sp³-hybridized carbons (Fsp3) is 0.111. The standard InChI is InChI=1S/C18H13F3N6O/c19-18(20,21)13-4-1-3-12(7-13)10-26-11-14(8-23-26)25-17(28)15-9-24-27-6-2-5-22-16(15)27/h1-9,11H,10H2,(H,25,28). The number of amides is 1. The topological polar surface area (TPSA) is 77.1 Å². The highest BCUT2D eigenvalue weighted by atomic mass is 19.4. The predicted octanol–water partition coefficient (Wildman–Crippen LogP) is 3.25. The fourth-order valence-electron chi connectivity index (χ4n) is 2.73. The lowest BCUT2D eigenvalue weighted by Crippen LogP contribution is -2.11. The van der Waals surface area contributed by atoms with Crippen LogP contribution in [0.1, 0.15) is 21.5 Å². The maximum Gasteiger partial charge on any atom is 0.416 e. The van der Waals surface area contributed by atoms with Gasteiger partial charge in [0.15, 0.2) is 5.65 Å². The van der Waals surface area contributed by atoms with Gasteiger partial charge in [-0.05, 0) is 23.8 Å². The van der Waals surface area contributed by atoms with E-state index in [1.165, 1.54) is 33.9 Å². The van der Waals surface area contributed by atoms with Crippen LogP contribution < -0.4 is 5.32 Å². The van der Waals surface area contributed by atoms with Crippen LogP contribution in [0.25, 0.3) is 5.65 Å². The van der Waals surface area contributed by atoms with E-state index in [4.69, 9.17) is 0 Å². The van der Waals surface area contributed by atoms with Crippen molar-refractivity contribution in [3.8, 4) is 0 Å². The molecule has 0 atom stereocenters. The van der Waals surface area contributed by atoms with Crippen molar-refractivity contribution in [1.82, 2.24) is 24.4 Å². The molecule has 3 aromatic heterocycles. The Morgan fingerprint density at radius 2 is 2.00 bits per heavy atom. The van der Waals surface area contributed by atoms with Crippen LogP contribution in [-0.4, -0.2) is 30.3 Å². The van der Waals surface area contributed by atoms with Crippen molar-refractivity contribution in [2.75, 3.05) is 5.32 Å². The van der Waals surface area contributed by atoms with Crippen LogP contribution in [-0.2, 0) is 12.7 Å². The average molecular weight is 386 g/mol. The summed E-state index contributed by atoms with van der Waals surface area (Å²) in [6.07, 6.45) is 3.20. The van der Waals surface area contributed by atoms with Gasteiger partial charge in [-0.2, -0.15) is 23.4 Å². The van der Waals surface area contributed by atoms with Crippen LogP contribution in [0, 0.1) is 0 Å². The van der Waals surface area contributed by atoms with E-state index in [9.17, 15) is 18.0 Å². The van der Waals surface area contributed by atoms with Crippen molar-refractivity contribution in [2.24, 2.45) is 0 Å². The minimum atomic E-state index is -4.40. The Balaban J connectivity index is 1.48. The number of anilines is 1. The molecule has 28 heavy (non-hydrogen) atoms. The third-order valence-corrected chi connectivity index (χ3v) is 4.01. The molecule has 1 amide bonds. The normalized spacial score (nSPS) is 11.7. The van der Waals surface area contributed by atoms with Gasteiger partial charge < -0.3 is 5.32 Å². The Morgan fingerprint density at radius 3 is 2.82 bits per heavy atom. The molecular weight excluding hydrogens is 373 g/mol. The molecule has 3 heterocycles. The highest BCUT2D eigenvalue weighted by Gasteiger charge is 2.30. The number of aromatic nitrogens is 5. The first-order chi connectivity index (χ1) is 13.4. The summed E-state index contributed by atoms with van der Waals surface area (Å²) in [5.41, 5.74) is 0.851. The molecule has 0 aliphatic heterocycles. The van der Waals surface area contributed by atoms with E-state index in [0.717, 1.165) is 12.1 Å². The predicted molar refractivity (Wildman–Crippen MR) is 93.7 cm³/mol. The summed E-state index contributed by atoms with van der Waals surface area (Å²) in [5.74, 6) is -0.410. The molecule has 0 fully saturated rings. The fourth-order valence-corrected chi connectivity index (χ4v) is 2.73. The summed E-state index contributed by atoms with van der Waals surface area (Å²) < 4.78 is 41.4. The molecule has 1 N–H and O–H groups in total. The summed E-state index contributed by atoms with van der Waals surface area (Å²) in [6.45, 7) is 0.137. The largest absolute Gasteiger partial charge is 0.416 e. The minimum Gasteiger partial charge on any atom is -0.319 e. The molecule has 0 saturated heterocycles. The molecule has 0 spiro atoms. The first-order valence-corrected chi connectivity index (χ1v) is 8.18. The lowest BCUT2D eigenvalue weighted by Gasteiger charge is -2.08. The molecule has 0 bridgehead atoms. The Kier molecular flexibility index (Phi) is 4.30. The first kappa shape index (κ1) is 17.7. The third-order valence-electron chi connectivity index (χ3n) is 4.01. The number of nitrogens with zero attached hydrogens (tertiary/aromatic N) is 5. The second kappa shape index (κ2) is 6.80. The van der Waals surface area contributed by atoms with E-state index in [1.54, 1.807) is 24.5 Å². The number of hydrogen-bond donors (Lipinski definition) is 1. The highest BCUT2D eigenvalue weighted by Crippen LogP contribution is 2.29. The van der Waals surface area contributed by atoms with Crippen LogP contribution in [0.2, 0.25) is 0 Å². The second-order valence-corrected chi connectivity index (χ2v) is 6.02. The molecule has 4 aromatic rings. The zero-order valence-corrected chi connectivity index (χ0v) is 14.3. The van der Waals surface area contributed by atoms with E-state index in [-0.39, 0.29) is 6.54 Å². The highest BCUT2D eigenvalue weighted by molar-refractivity contribution is 6.07. The second-order valence-electron chi connectivity index (χ2n) is 6.02. The molecule has 4 rings (SSSR count). The Bertz CT molecular complexity index is 1150. The maximum atomic E-state index is 12.8. The molecule has 1 aromatic carbocycles. The third kappa shape index (κ3) is 3.56. The molecular formula is C18H13F3N6O. The number of carbonyl (C=O) groups is 1. The van der Waals surface area contributed by atoms with Crippen LogP contribution in [0.4, 0.5) is 18.9 Å². The summed E-state index contributed by atoms with van der Waals surface area (Å²) in [5, 5.41) is 10.8. The van der Waals surface area contributed by atoms with Gasteiger partial charge in [0.1, 0.15) is 5.56 Å². The zero-order chi connectivity index (χ0) is 19.7. The summed E-state index contributed by atoms with van der Waals surface area (Å²) in [6, 6.07) is 6.72. The molecule has 0 aliphatic carbocycles. The van der Waals surface area contributed by atoms with Gasteiger partial charge in [0, 0.05) is 18.6 Å². The molecule has 0 aliphatic rings. The lowest BCUT2D eigenvalue weighted by atomic mass is 10.1. The quantitative estimate of drug-likeness (QED) is 0.584. The zero-order valence-electron chi connectivity index (χ0n) is 14.3. The number of alkyl halides is 3. The Hall–Kier alpha value is -3.69.